The number of amides is 1. The van der Waals surface area contributed by atoms with Crippen molar-refractivity contribution in [3.05, 3.63) is 0 Å². The Balaban J connectivity index is 1.63. The van der Waals surface area contributed by atoms with Crippen LogP contribution in [0.25, 0.3) is 0 Å². The maximum atomic E-state index is 12.6. The first-order chi connectivity index (χ1) is 8.75. The van der Waals surface area contributed by atoms with E-state index in [4.69, 9.17) is 0 Å². The molecular formula is C15H26N2O. The van der Waals surface area contributed by atoms with Gasteiger partial charge in [0.15, 0.2) is 0 Å². The minimum atomic E-state index is -0.151. The number of rotatable bonds is 2. The van der Waals surface area contributed by atoms with Gasteiger partial charge < -0.3 is 4.90 Å². The van der Waals surface area contributed by atoms with Crippen molar-refractivity contribution in [2.24, 2.45) is 5.92 Å². The maximum Gasteiger partial charge on any atom is 0.244 e. The summed E-state index contributed by atoms with van der Waals surface area (Å²) in [5.74, 6) is 1.33. The van der Waals surface area contributed by atoms with Crippen molar-refractivity contribution in [1.29, 1.82) is 0 Å². The molecule has 3 rings (SSSR count). The molecule has 0 aromatic carbocycles. The van der Waals surface area contributed by atoms with Crippen molar-refractivity contribution in [2.45, 2.75) is 76.3 Å². The Hall–Kier alpha value is -0.570. The fourth-order valence-electron chi connectivity index (χ4n) is 4.19. The minimum absolute atomic E-state index is 0.151. The molecule has 2 saturated carbocycles. The number of carbonyl (C=O) groups excluding carboxylic acids is 1. The van der Waals surface area contributed by atoms with Crippen molar-refractivity contribution in [3.8, 4) is 0 Å². The van der Waals surface area contributed by atoms with Crippen LogP contribution in [0.2, 0.25) is 0 Å². The summed E-state index contributed by atoms with van der Waals surface area (Å²) in [5.41, 5.74) is -0.151. The normalized spacial score (nSPS) is 35.6. The summed E-state index contributed by atoms with van der Waals surface area (Å²) < 4.78 is 0. The lowest BCUT2D eigenvalue weighted by Gasteiger charge is -2.34. The van der Waals surface area contributed by atoms with Gasteiger partial charge >= 0.3 is 0 Å². The lowest BCUT2D eigenvalue weighted by atomic mass is 9.83. The molecule has 3 fully saturated rings. The second-order valence-electron chi connectivity index (χ2n) is 6.48. The molecule has 0 aromatic rings. The van der Waals surface area contributed by atoms with Crippen molar-refractivity contribution in [1.82, 2.24) is 10.2 Å². The van der Waals surface area contributed by atoms with Gasteiger partial charge in [0.25, 0.3) is 0 Å². The van der Waals surface area contributed by atoms with Gasteiger partial charge in [-0.05, 0) is 44.4 Å². The first-order valence-corrected chi connectivity index (χ1v) is 7.81. The summed E-state index contributed by atoms with van der Waals surface area (Å²) in [7, 11) is 0. The van der Waals surface area contributed by atoms with Gasteiger partial charge in [0.1, 0.15) is 0 Å². The summed E-state index contributed by atoms with van der Waals surface area (Å²) >= 11 is 0. The van der Waals surface area contributed by atoms with Crippen LogP contribution in [-0.4, -0.2) is 29.1 Å². The third-order valence-electron chi connectivity index (χ3n) is 5.55. The van der Waals surface area contributed by atoms with Gasteiger partial charge in [-0.3, -0.25) is 10.1 Å². The van der Waals surface area contributed by atoms with Crippen LogP contribution in [0.1, 0.15) is 64.7 Å². The van der Waals surface area contributed by atoms with Crippen molar-refractivity contribution in [2.75, 3.05) is 6.67 Å². The summed E-state index contributed by atoms with van der Waals surface area (Å²) in [5, 5.41) is 3.53. The average Bonchev–Trinajstić information content (AvgIpc) is 3.01. The van der Waals surface area contributed by atoms with Gasteiger partial charge in [-0.2, -0.15) is 0 Å². The first-order valence-electron chi connectivity index (χ1n) is 7.81. The van der Waals surface area contributed by atoms with E-state index in [0.717, 1.165) is 25.4 Å². The predicted molar refractivity (Wildman–Crippen MR) is 72.1 cm³/mol. The smallest absolute Gasteiger partial charge is 0.244 e. The van der Waals surface area contributed by atoms with Crippen molar-refractivity contribution < 1.29 is 4.79 Å². The highest BCUT2D eigenvalue weighted by Gasteiger charge is 2.49. The van der Waals surface area contributed by atoms with E-state index in [1.807, 2.05) is 0 Å². The topological polar surface area (TPSA) is 32.3 Å². The SMILES string of the molecule is CCC1CCC(N2CNC3(CCCC3)C2=O)CC1. The van der Waals surface area contributed by atoms with Crippen LogP contribution in [0.5, 0.6) is 0 Å². The molecule has 0 radical (unpaired) electrons. The van der Waals surface area contributed by atoms with E-state index in [0.29, 0.717) is 11.9 Å². The largest absolute Gasteiger partial charge is 0.325 e. The van der Waals surface area contributed by atoms with Gasteiger partial charge in [0.2, 0.25) is 5.91 Å². The molecule has 0 bridgehead atoms. The third kappa shape index (κ3) is 1.97. The maximum absolute atomic E-state index is 12.6. The molecule has 2 aliphatic carbocycles. The van der Waals surface area contributed by atoms with Gasteiger partial charge in [-0.15, -0.1) is 0 Å². The summed E-state index contributed by atoms with van der Waals surface area (Å²) in [6.45, 7) is 3.10. The van der Waals surface area contributed by atoms with E-state index in [-0.39, 0.29) is 5.54 Å². The Morgan fingerprint density at radius 2 is 1.89 bits per heavy atom. The monoisotopic (exact) mass is 250 g/mol. The van der Waals surface area contributed by atoms with Crippen LogP contribution in [0.4, 0.5) is 0 Å². The van der Waals surface area contributed by atoms with Crippen LogP contribution in [0, 0.1) is 5.92 Å². The number of nitrogens with zero attached hydrogens (tertiary/aromatic N) is 1. The van der Waals surface area contributed by atoms with Crippen molar-refractivity contribution >= 4 is 5.91 Å². The summed E-state index contributed by atoms with van der Waals surface area (Å²) in [4.78, 5) is 14.8. The quantitative estimate of drug-likeness (QED) is 0.817. The molecule has 1 amide bonds. The average molecular weight is 250 g/mol. The van der Waals surface area contributed by atoms with Crippen LogP contribution in [0.15, 0.2) is 0 Å². The molecule has 3 nitrogen and oxygen atoms in total. The van der Waals surface area contributed by atoms with Crippen LogP contribution in [0.3, 0.4) is 0 Å². The Kier molecular flexibility index (Phi) is 3.35. The number of hydrogen-bond donors (Lipinski definition) is 1. The summed E-state index contributed by atoms with van der Waals surface area (Å²) in [6, 6.07) is 0.521. The van der Waals surface area contributed by atoms with Crippen LogP contribution in [-0.2, 0) is 4.79 Å². The second kappa shape index (κ2) is 4.84. The molecule has 0 unspecified atom stereocenters. The molecule has 0 aromatic heterocycles. The Labute approximate surface area is 110 Å². The van der Waals surface area contributed by atoms with E-state index in [1.54, 1.807) is 0 Å². The van der Waals surface area contributed by atoms with Crippen LogP contribution >= 0.6 is 0 Å². The summed E-state index contributed by atoms with van der Waals surface area (Å²) in [6.07, 6.45) is 11.0. The molecule has 1 heterocycles. The molecular weight excluding hydrogens is 224 g/mol. The molecule has 1 N–H and O–H groups in total. The Bertz CT molecular complexity index is 314. The molecule has 1 aliphatic heterocycles. The molecule has 0 atom stereocenters. The lowest BCUT2D eigenvalue weighted by molar-refractivity contribution is -0.134. The Morgan fingerprint density at radius 1 is 1.22 bits per heavy atom. The van der Waals surface area contributed by atoms with E-state index in [1.165, 1.54) is 44.9 Å². The van der Waals surface area contributed by atoms with E-state index < -0.39 is 0 Å². The van der Waals surface area contributed by atoms with Gasteiger partial charge in [-0.25, -0.2) is 0 Å². The van der Waals surface area contributed by atoms with E-state index in [9.17, 15) is 4.79 Å². The van der Waals surface area contributed by atoms with E-state index in [2.05, 4.69) is 17.1 Å². The highest BCUT2D eigenvalue weighted by Crippen LogP contribution is 2.37. The van der Waals surface area contributed by atoms with Crippen LogP contribution < -0.4 is 5.32 Å². The third-order valence-corrected chi connectivity index (χ3v) is 5.55. The number of hydrogen-bond acceptors (Lipinski definition) is 2. The zero-order chi connectivity index (χ0) is 12.6. The highest BCUT2D eigenvalue weighted by molar-refractivity contribution is 5.89. The molecule has 3 heteroatoms. The highest BCUT2D eigenvalue weighted by atomic mass is 16.2. The minimum Gasteiger partial charge on any atom is -0.325 e. The fourth-order valence-corrected chi connectivity index (χ4v) is 4.19. The molecule has 1 spiro atoms. The molecule has 3 aliphatic rings. The standard InChI is InChI=1S/C15H26N2O/c1-2-12-5-7-13(8-6-12)17-11-16-15(14(17)18)9-3-4-10-15/h12-13,16H,2-11H2,1H3. The number of carbonyl (C=O) groups is 1. The molecule has 102 valence electrons. The van der Waals surface area contributed by atoms with Gasteiger partial charge in [-0.1, -0.05) is 26.2 Å². The predicted octanol–water partition coefficient (Wildman–Crippen LogP) is 2.66. The van der Waals surface area contributed by atoms with E-state index >= 15 is 0 Å². The van der Waals surface area contributed by atoms with Gasteiger partial charge in [0.05, 0.1) is 12.2 Å². The zero-order valence-electron chi connectivity index (χ0n) is 11.6. The fraction of sp³-hybridized carbons (Fsp3) is 0.933. The molecule has 18 heavy (non-hydrogen) atoms. The number of nitrogens with one attached hydrogen (secondary N) is 1. The Morgan fingerprint density at radius 3 is 2.50 bits per heavy atom. The van der Waals surface area contributed by atoms with Gasteiger partial charge in [0, 0.05) is 6.04 Å². The zero-order valence-corrected chi connectivity index (χ0v) is 11.6. The first kappa shape index (κ1) is 12.5. The lowest BCUT2D eigenvalue weighted by Crippen LogP contribution is -2.46. The van der Waals surface area contributed by atoms with Crippen molar-refractivity contribution in [3.63, 3.8) is 0 Å². The molecule has 1 saturated heterocycles. The second-order valence-corrected chi connectivity index (χ2v) is 6.48.